The number of anilines is 6. The van der Waals surface area contributed by atoms with Crippen molar-refractivity contribution in [1.82, 2.24) is 9.97 Å². The van der Waals surface area contributed by atoms with Gasteiger partial charge in [0.05, 0.1) is 0 Å². The van der Waals surface area contributed by atoms with Crippen LogP contribution >= 0.6 is 22.7 Å². The summed E-state index contributed by atoms with van der Waals surface area (Å²) in [5, 5.41) is 4.51. The number of para-hydroxylation sites is 2. The molecule has 0 bridgehead atoms. The van der Waals surface area contributed by atoms with E-state index in [1.165, 1.54) is 9.40 Å². The van der Waals surface area contributed by atoms with E-state index in [0.717, 1.165) is 65.3 Å². The topological polar surface area (TPSA) is 41.5 Å². The largest absolute Gasteiger partial charge is 2.00 e. The molecule has 0 aliphatic heterocycles. The van der Waals surface area contributed by atoms with E-state index in [0.29, 0.717) is 11.5 Å². The molecule has 8 heteroatoms. The van der Waals surface area contributed by atoms with E-state index in [9.17, 15) is 0 Å². The van der Waals surface area contributed by atoms with E-state index in [1.807, 2.05) is 85.2 Å². The molecule has 4 heterocycles. The average molecular weight is 912 g/mol. The summed E-state index contributed by atoms with van der Waals surface area (Å²) in [5.74, 6) is 2.84. The molecule has 54 heavy (non-hydrogen) atoms. The summed E-state index contributed by atoms with van der Waals surface area (Å²) in [5.41, 5.74) is 3.59. The van der Waals surface area contributed by atoms with Crippen LogP contribution in [-0.2, 0) is 21.1 Å². The van der Waals surface area contributed by atoms with Gasteiger partial charge in [-0.15, -0.1) is 35.0 Å². The first-order valence-corrected chi connectivity index (χ1v) is 18.9. The van der Waals surface area contributed by atoms with Crippen LogP contribution in [0.1, 0.15) is 0 Å². The number of aromatic nitrogens is 2. The Bertz CT molecular complexity index is 2610. The first kappa shape index (κ1) is 34.0. The molecule has 5 nitrogen and oxygen atoms in total. The Morgan fingerprint density at radius 1 is 0.444 bits per heavy atom. The normalized spacial score (nSPS) is 11.2. The number of ether oxygens (including phenoxy) is 1. The van der Waals surface area contributed by atoms with Crippen molar-refractivity contribution >= 4 is 97.4 Å². The first-order chi connectivity index (χ1) is 26.3. The summed E-state index contributed by atoms with van der Waals surface area (Å²) in [4.78, 5) is 13.8. The minimum Gasteiger partial charge on any atom is -0.506 e. The third kappa shape index (κ3) is 6.10. The maximum absolute atomic E-state index is 7.20. The molecule has 4 aromatic heterocycles. The van der Waals surface area contributed by atoms with E-state index in [4.69, 9.17) is 14.7 Å². The summed E-state index contributed by atoms with van der Waals surface area (Å²) in [7, 11) is 0. The van der Waals surface area contributed by atoms with Crippen molar-refractivity contribution in [3.63, 3.8) is 0 Å². The van der Waals surface area contributed by atoms with Gasteiger partial charge in [0.1, 0.15) is 11.6 Å². The second-order valence-electron chi connectivity index (χ2n) is 12.5. The molecule has 0 spiro atoms. The summed E-state index contributed by atoms with van der Waals surface area (Å²) in [6.45, 7) is 0. The fraction of sp³-hybridized carbons (Fsp3) is 0. The zero-order chi connectivity index (χ0) is 35.1. The number of pyridine rings is 2. The SMILES string of the molecule is [Pt+2].[c-]1c(N(c2ccccc2)c2ccccn2)cc2c(sc3ccccc32)c1Oc1[c-]c(N(c2ccccc2)c2ccccn2)cc2c1sc1ccccc12. The predicted octanol–water partition coefficient (Wildman–Crippen LogP) is 13.5. The summed E-state index contributed by atoms with van der Waals surface area (Å²) >= 11 is 3.43. The van der Waals surface area contributed by atoms with E-state index >= 15 is 0 Å². The second-order valence-corrected chi connectivity index (χ2v) is 14.6. The van der Waals surface area contributed by atoms with Crippen molar-refractivity contribution in [1.29, 1.82) is 0 Å². The molecule has 0 amide bonds. The van der Waals surface area contributed by atoms with Crippen LogP contribution in [0.5, 0.6) is 11.5 Å². The smallest absolute Gasteiger partial charge is 0.506 e. The molecule has 0 saturated heterocycles. The maximum Gasteiger partial charge on any atom is 2.00 e. The molecule has 0 atom stereocenters. The van der Waals surface area contributed by atoms with Gasteiger partial charge in [-0.1, -0.05) is 96.3 Å². The number of benzene rings is 6. The van der Waals surface area contributed by atoms with Crippen LogP contribution in [-0.4, -0.2) is 9.97 Å². The van der Waals surface area contributed by atoms with Crippen molar-refractivity contribution in [3.05, 3.63) is 182 Å². The fourth-order valence-electron chi connectivity index (χ4n) is 6.85. The maximum atomic E-state index is 7.20. The van der Waals surface area contributed by atoms with Crippen LogP contribution in [0.3, 0.4) is 0 Å². The fourth-order valence-corrected chi connectivity index (χ4v) is 9.09. The molecular formula is C46H28N4OPtS2. The van der Waals surface area contributed by atoms with Crippen LogP contribution in [0.15, 0.2) is 170 Å². The third-order valence-corrected chi connectivity index (χ3v) is 11.6. The van der Waals surface area contributed by atoms with Crippen LogP contribution < -0.4 is 14.5 Å². The molecule has 260 valence electrons. The van der Waals surface area contributed by atoms with Crippen LogP contribution in [0.2, 0.25) is 0 Å². The standard InChI is InChI=1S/C46H28N4OS2.Pt/c1-3-15-31(16-4-1)49(43-23-11-13-25-47-43)33-27-37-35-19-7-9-21-41(35)52-45(37)39(29-33)51-40-30-34(28-38-36-20-8-10-22-42(36)53-46(38)40)50(32-17-5-2-6-18-32)44-24-12-14-26-48-44;/h1-28H;/q-2;+2. The molecule has 0 radical (unpaired) electrons. The van der Waals surface area contributed by atoms with Crippen molar-refractivity contribution in [2.45, 2.75) is 0 Å². The van der Waals surface area contributed by atoms with Crippen molar-refractivity contribution in [2.75, 3.05) is 9.80 Å². The Morgan fingerprint density at radius 3 is 1.28 bits per heavy atom. The summed E-state index contributed by atoms with van der Waals surface area (Å²) < 4.78 is 11.6. The van der Waals surface area contributed by atoms with Gasteiger partial charge in [-0.25, -0.2) is 32.6 Å². The monoisotopic (exact) mass is 911 g/mol. The van der Waals surface area contributed by atoms with E-state index in [-0.39, 0.29) is 21.1 Å². The molecule has 0 aliphatic rings. The zero-order valence-electron chi connectivity index (χ0n) is 28.5. The minimum atomic E-state index is 0. The Kier molecular flexibility index (Phi) is 9.13. The number of thiophene rings is 2. The minimum absolute atomic E-state index is 0. The molecule has 0 N–H and O–H groups in total. The molecule has 10 aromatic rings. The number of hydrogen-bond acceptors (Lipinski definition) is 7. The Hall–Kier alpha value is -5.85. The summed E-state index contributed by atoms with van der Waals surface area (Å²) in [6.07, 6.45) is 3.64. The van der Waals surface area contributed by atoms with Gasteiger partial charge in [-0.2, -0.15) is 0 Å². The van der Waals surface area contributed by atoms with Gasteiger partial charge >= 0.3 is 21.1 Å². The van der Waals surface area contributed by atoms with Crippen LogP contribution in [0, 0.1) is 12.1 Å². The van der Waals surface area contributed by atoms with Crippen LogP contribution in [0.25, 0.3) is 40.3 Å². The Labute approximate surface area is 334 Å². The van der Waals surface area contributed by atoms with E-state index in [2.05, 4.69) is 107 Å². The summed E-state index contributed by atoms with van der Waals surface area (Å²) in [6, 6.07) is 61.4. The van der Waals surface area contributed by atoms with Crippen molar-refractivity contribution in [2.24, 2.45) is 0 Å². The number of nitrogens with zero attached hydrogens (tertiary/aromatic N) is 4. The van der Waals surface area contributed by atoms with E-state index in [1.54, 1.807) is 22.7 Å². The van der Waals surface area contributed by atoms with Gasteiger partial charge in [0, 0.05) is 44.7 Å². The van der Waals surface area contributed by atoms with Gasteiger partial charge in [-0.3, -0.25) is 0 Å². The second kappa shape index (κ2) is 14.5. The molecule has 0 aliphatic carbocycles. The van der Waals surface area contributed by atoms with Crippen molar-refractivity contribution in [3.8, 4) is 11.5 Å². The number of hydrogen-bond donors (Lipinski definition) is 0. The number of fused-ring (bicyclic) bond motifs is 6. The predicted molar refractivity (Wildman–Crippen MR) is 221 cm³/mol. The van der Waals surface area contributed by atoms with Gasteiger partial charge in [-0.05, 0) is 80.8 Å². The number of rotatable bonds is 8. The molecular weight excluding hydrogens is 884 g/mol. The van der Waals surface area contributed by atoms with E-state index < -0.39 is 0 Å². The first-order valence-electron chi connectivity index (χ1n) is 17.2. The van der Waals surface area contributed by atoms with Gasteiger partial charge in [0.15, 0.2) is 0 Å². The third-order valence-electron chi connectivity index (χ3n) is 9.20. The van der Waals surface area contributed by atoms with Crippen LogP contribution in [0.4, 0.5) is 34.4 Å². The van der Waals surface area contributed by atoms with Gasteiger partial charge in [0.25, 0.3) is 0 Å². The average Bonchev–Trinajstić information content (AvgIpc) is 3.79. The van der Waals surface area contributed by atoms with Gasteiger partial charge < -0.3 is 14.5 Å². The molecule has 10 rings (SSSR count). The molecule has 6 aromatic carbocycles. The molecule has 0 saturated carbocycles. The quantitative estimate of drug-likeness (QED) is 0.142. The van der Waals surface area contributed by atoms with Crippen molar-refractivity contribution < 1.29 is 25.8 Å². The Balaban J connectivity index is 0.00000384. The van der Waals surface area contributed by atoms with Gasteiger partial charge in [0.2, 0.25) is 0 Å². The molecule has 0 unspecified atom stereocenters. The zero-order valence-corrected chi connectivity index (χ0v) is 32.4. The molecule has 0 fully saturated rings. The Morgan fingerprint density at radius 2 is 0.852 bits per heavy atom.